The van der Waals surface area contributed by atoms with Crippen molar-refractivity contribution in [3.63, 3.8) is 0 Å². The summed E-state index contributed by atoms with van der Waals surface area (Å²) in [6.45, 7) is 6.28. The third-order valence-electron chi connectivity index (χ3n) is 4.47. The lowest BCUT2D eigenvalue weighted by Gasteiger charge is -2.23. The average Bonchev–Trinajstić information content (AvgIpc) is 2.85. The number of nitrogens with zero attached hydrogens (tertiary/aromatic N) is 2. The van der Waals surface area contributed by atoms with E-state index in [2.05, 4.69) is 0 Å². The Morgan fingerprint density at radius 1 is 1.39 bits per heavy atom. The molecule has 0 saturated carbocycles. The number of nitrogens with two attached hydrogens (primary N) is 1. The number of nitro groups is 1. The molecule has 2 N–H and O–H groups in total. The van der Waals surface area contributed by atoms with Crippen molar-refractivity contribution in [1.29, 1.82) is 0 Å². The molecule has 130 valence electrons. The second-order valence-electron chi connectivity index (χ2n) is 6.22. The van der Waals surface area contributed by atoms with Gasteiger partial charge < -0.3 is 5.73 Å². The minimum atomic E-state index is -3.91. The summed E-state index contributed by atoms with van der Waals surface area (Å²) >= 11 is 0. The second-order valence-corrected chi connectivity index (χ2v) is 8.09. The van der Waals surface area contributed by atoms with Gasteiger partial charge in [-0.05, 0) is 43.4 Å². The van der Waals surface area contributed by atoms with Crippen LogP contribution in [0.4, 0.5) is 5.69 Å². The van der Waals surface area contributed by atoms with Gasteiger partial charge in [-0.3, -0.25) is 10.1 Å². The Balaban J connectivity index is 0.00000264. The van der Waals surface area contributed by atoms with E-state index in [9.17, 15) is 18.5 Å². The molecule has 2 rings (SSSR count). The Kier molecular flexibility index (Phi) is 5.79. The largest absolute Gasteiger partial charge is 0.330 e. The number of hydrogen-bond acceptors (Lipinski definition) is 5. The van der Waals surface area contributed by atoms with Crippen molar-refractivity contribution >= 4 is 28.1 Å². The van der Waals surface area contributed by atoms with Crippen molar-refractivity contribution in [2.45, 2.75) is 32.1 Å². The molecule has 1 aromatic carbocycles. The molecule has 1 aliphatic rings. The van der Waals surface area contributed by atoms with Crippen molar-refractivity contribution in [3.05, 3.63) is 33.4 Å². The summed E-state index contributed by atoms with van der Waals surface area (Å²) < 4.78 is 27.1. The normalized spacial score (nSPS) is 21.9. The second kappa shape index (κ2) is 6.72. The highest BCUT2D eigenvalue weighted by atomic mass is 35.5. The Hall–Kier alpha value is -1.22. The van der Waals surface area contributed by atoms with Crippen LogP contribution in [-0.2, 0) is 10.0 Å². The van der Waals surface area contributed by atoms with Gasteiger partial charge in [-0.15, -0.1) is 12.4 Å². The summed E-state index contributed by atoms with van der Waals surface area (Å²) in [5, 5.41) is 11.2. The minimum Gasteiger partial charge on any atom is -0.330 e. The quantitative estimate of drug-likeness (QED) is 0.650. The predicted molar refractivity (Wildman–Crippen MR) is 90.4 cm³/mol. The van der Waals surface area contributed by atoms with Gasteiger partial charge >= 0.3 is 0 Å². The molecule has 1 aliphatic heterocycles. The van der Waals surface area contributed by atoms with Crippen molar-refractivity contribution in [2.24, 2.45) is 11.1 Å². The van der Waals surface area contributed by atoms with Gasteiger partial charge in [-0.1, -0.05) is 13.0 Å². The number of hydrogen-bond donors (Lipinski definition) is 1. The molecular formula is C14H22ClN3O4S. The molecule has 1 aromatic rings. The smallest absolute Gasteiger partial charge is 0.289 e. The SMILES string of the molecule is Cc1ccc([N+](=O)[O-])c(S(=O)(=O)N2CCC(C)(CN)C2)c1C.Cl. The Morgan fingerprint density at radius 2 is 2.00 bits per heavy atom. The zero-order valence-electron chi connectivity index (χ0n) is 13.4. The van der Waals surface area contributed by atoms with Crippen molar-refractivity contribution in [3.8, 4) is 0 Å². The molecule has 0 amide bonds. The van der Waals surface area contributed by atoms with E-state index < -0.39 is 14.9 Å². The fraction of sp³-hybridized carbons (Fsp3) is 0.571. The van der Waals surface area contributed by atoms with Crippen LogP contribution < -0.4 is 5.73 Å². The number of rotatable bonds is 4. The van der Waals surface area contributed by atoms with Gasteiger partial charge in [-0.25, -0.2) is 8.42 Å². The van der Waals surface area contributed by atoms with Crippen LogP contribution in [0.25, 0.3) is 0 Å². The average molecular weight is 364 g/mol. The fourth-order valence-electron chi connectivity index (χ4n) is 2.72. The van der Waals surface area contributed by atoms with E-state index in [1.165, 1.54) is 10.4 Å². The standard InChI is InChI=1S/C14H21N3O4S.ClH/c1-10-4-5-12(17(18)19)13(11(10)2)22(20,21)16-7-6-14(3,8-15)9-16;/h4-5H,6-9,15H2,1-3H3;1H. The van der Waals surface area contributed by atoms with Crippen LogP contribution in [0.2, 0.25) is 0 Å². The topological polar surface area (TPSA) is 107 Å². The number of benzene rings is 1. The van der Waals surface area contributed by atoms with Gasteiger partial charge in [0.25, 0.3) is 5.69 Å². The zero-order chi connectivity index (χ0) is 16.7. The first-order valence-corrected chi connectivity index (χ1v) is 8.51. The molecule has 1 fully saturated rings. The van der Waals surface area contributed by atoms with Crippen molar-refractivity contribution in [2.75, 3.05) is 19.6 Å². The van der Waals surface area contributed by atoms with E-state index in [1.807, 2.05) is 6.92 Å². The van der Waals surface area contributed by atoms with E-state index in [0.717, 1.165) is 0 Å². The molecule has 0 spiro atoms. The third kappa shape index (κ3) is 3.50. The first-order valence-electron chi connectivity index (χ1n) is 7.07. The monoisotopic (exact) mass is 363 g/mol. The summed E-state index contributed by atoms with van der Waals surface area (Å²) in [7, 11) is -3.91. The maximum Gasteiger partial charge on any atom is 0.289 e. The van der Waals surface area contributed by atoms with E-state index in [0.29, 0.717) is 30.6 Å². The third-order valence-corrected chi connectivity index (χ3v) is 6.49. The molecule has 1 unspecified atom stereocenters. The maximum atomic E-state index is 12.9. The predicted octanol–water partition coefficient (Wildman–Crippen LogP) is 1.99. The van der Waals surface area contributed by atoms with Gasteiger partial charge in [0.1, 0.15) is 0 Å². The Bertz CT molecular complexity index is 723. The Labute approximate surface area is 142 Å². The molecule has 1 saturated heterocycles. The number of nitro benzene ring substituents is 1. The summed E-state index contributed by atoms with van der Waals surface area (Å²) in [6, 6.07) is 2.83. The summed E-state index contributed by atoms with van der Waals surface area (Å²) in [5.74, 6) is 0. The minimum absolute atomic E-state index is 0. The van der Waals surface area contributed by atoms with E-state index in [4.69, 9.17) is 5.73 Å². The molecule has 1 atom stereocenters. The molecule has 0 aromatic heterocycles. The van der Waals surface area contributed by atoms with Gasteiger partial charge in [0, 0.05) is 19.2 Å². The molecule has 23 heavy (non-hydrogen) atoms. The molecule has 0 radical (unpaired) electrons. The lowest BCUT2D eigenvalue weighted by atomic mass is 9.90. The molecule has 0 bridgehead atoms. The van der Waals surface area contributed by atoms with Gasteiger partial charge in [0.15, 0.2) is 4.90 Å². The molecular weight excluding hydrogens is 342 g/mol. The fourth-order valence-corrected chi connectivity index (χ4v) is 4.75. The molecule has 9 heteroatoms. The summed E-state index contributed by atoms with van der Waals surface area (Å²) in [6.07, 6.45) is 0.654. The first-order chi connectivity index (χ1) is 10.1. The van der Waals surface area contributed by atoms with Crippen molar-refractivity contribution in [1.82, 2.24) is 4.31 Å². The number of sulfonamides is 1. The number of halogens is 1. The zero-order valence-corrected chi connectivity index (χ0v) is 15.0. The molecule has 1 heterocycles. The van der Waals surface area contributed by atoms with Crippen LogP contribution in [0.3, 0.4) is 0 Å². The summed E-state index contributed by atoms with van der Waals surface area (Å²) in [5.41, 5.74) is 6.20. The first kappa shape index (κ1) is 19.8. The van der Waals surface area contributed by atoms with E-state index in [-0.39, 0.29) is 34.9 Å². The molecule has 7 nitrogen and oxygen atoms in total. The van der Waals surface area contributed by atoms with E-state index >= 15 is 0 Å². The van der Waals surface area contributed by atoms with Gasteiger partial charge in [0.2, 0.25) is 10.0 Å². The van der Waals surface area contributed by atoms with Gasteiger partial charge in [0.05, 0.1) is 4.92 Å². The summed E-state index contributed by atoms with van der Waals surface area (Å²) in [4.78, 5) is 10.4. The van der Waals surface area contributed by atoms with Crippen LogP contribution in [-0.4, -0.2) is 37.3 Å². The van der Waals surface area contributed by atoms with Gasteiger partial charge in [-0.2, -0.15) is 4.31 Å². The van der Waals surface area contributed by atoms with Crippen LogP contribution >= 0.6 is 12.4 Å². The lowest BCUT2D eigenvalue weighted by Crippen LogP contribution is -2.35. The number of aryl methyl sites for hydroxylation is 1. The highest BCUT2D eigenvalue weighted by Gasteiger charge is 2.42. The van der Waals surface area contributed by atoms with Crippen LogP contribution in [0.15, 0.2) is 17.0 Å². The highest BCUT2D eigenvalue weighted by molar-refractivity contribution is 7.89. The maximum absolute atomic E-state index is 12.9. The van der Waals surface area contributed by atoms with Crippen molar-refractivity contribution < 1.29 is 13.3 Å². The van der Waals surface area contributed by atoms with Crippen LogP contribution in [0.1, 0.15) is 24.5 Å². The Morgan fingerprint density at radius 3 is 2.48 bits per heavy atom. The highest BCUT2D eigenvalue weighted by Crippen LogP contribution is 2.37. The lowest BCUT2D eigenvalue weighted by molar-refractivity contribution is -0.388. The van der Waals surface area contributed by atoms with Crippen LogP contribution in [0, 0.1) is 29.4 Å². The van der Waals surface area contributed by atoms with E-state index in [1.54, 1.807) is 19.9 Å². The molecule has 0 aliphatic carbocycles. The van der Waals surface area contributed by atoms with Crippen LogP contribution in [0.5, 0.6) is 0 Å².